The highest BCUT2D eigenvalue weighted by Gasteiger charge is 2.22. The van der Waals surface area contributed by atoms with Gasteiger partial charge in [-0.1, -0.05) is 26.0 Å². The average Bonchev–Trinajstić information content (AvgIpc) is 2.46. The number of piperidine rings is 1. The minimum Gasteiger partial charge on any atom is -0.393 e. The van der Waals surface area contributed by atoms with Crippen LogP contribution < -0.4 is 10.2 Å². The van der Waals surface area contributed by atoms with Crippen molar-refractivity contribution >= 4 is 5.69 Å². The lowest BCUT2D eigenvalue weighted by Crippen LogP contribution is -2.37. The van der Waals surface area contributed by atoms with E-state index in [0.29, 0.717) is 12.0 Å². The zero-order chi connectivity index (χ0) is 14.5. The van der Waals surface area contributed by atoms with Crippen LogP contribution in [0.5, 0.6) is 0 Å². The number of aliphatic hydroxyl groups is 1. The van der Waals surface area contributed by atoms with Crippen molar-refractivity contribution in [3.63, 3.8) is 0 Å². The monoisotopic (exact) mass is 276 g/mol. The molecule has 1 unspecified atom stereocenters. The van der Waals surface area contributed by atoms with Gasteiger partial charge in [0.15, 0.2) is 0 Å². The Kier molecular flexibility index (Phi) is 5.44. The summed E-state index contributed by atoms with van der Waals surface area (Å²) in [6.45, 7) is 9.29. The number of hydrogen-bond donors (Lipinski definition) is 2. The van der Waals surface area contributed by atoms with Gasteiger partial charge in [-0.2, -0.15) is 0 Å². The lowest BCUT2D eigenvalue weighted by Gasteiger charge is -2.34. The van der Waals surface area contributed by atoms with Gasteiger partial charge < -0.3 is 15.3 Å². The van der Waals surface area contributed by atoms with Crippen LogP contribution in [0.4, 0.5) is 5.69 Å². The summed E-state index contributed by atoms with van der Waals surface area (Å²) in [7, 11) is 0. The molecule has 20 heavy (non-hydrogen) atoms. The first-order valence-electron chi connectivity index (χ1n) is 7.81. The molecule has 0 saturated carbocycles. The Balaban J connectivity index is 1.87. The molecule has 2 rings (SSSR count). The summed E-state index contributed by atoms with van der Waals surface area (Å²) in [6.07, 6.45) is 2.02. The van der Waals surface area contributed by atoms with E-state index in [1.54, 1.807) is 0 Å². The van der Waals surface area contributed by atoms with E-state index >= 15 is 0 Å². The van der Waals surface area contributed by atoms with Crippen LogP contribution in [0.15, 0.2) is 24.3 Å². The fourth-order valence-electron chi connectivity index (χ4n) is 2.79. The van der Waals surface area contributed by atoms with E-state index in [-0.39, 0.29) is 6.10 Å². The fourth-order valence-corrected chi connectivity index (χ4v) is 2.79. The number of rotatable bonds is 5. The zero-order valence-electron chi connectivity index (χ0n) is 13.0. The highest BCUT2D eigenvalue weighted by Crippen LogP contribution is 2.25. The third-order valence-corrected chi connectivity index (χ3v) is 4.24. The molecule has 1 aliphatic heterocycles. The molecule has 0 amide bonds. The first-order chi connectivity index (χ1) is 9.56. The average molecular weight is 276 g/mol. The van der Waals surface area contributed by atoms with Crippen molar-refractivity contribution in [1.82, 2.24) is 5.32 Å². The Morgan fingerprint density at radius 1 is 1.15 bits per heavy atom. The van der Waals surface area contributed by atoms with Gasteiger partial charge in [0.25, 0.3) is 0 Å². The minimum atomic E-state index is -0.165. The van der Waals surface area contributed by atoms with E-state index in [1.165, 1.54) is 11.3 Å². The van der Waals surface area contributed by atoms with Gasteiger partial charge in [-0.25, -0.2) is 0 Å². The van der Waals surface area contributed by atoms with Gasteiger partial charge in [0, 0.05) is 31.4 Å². The smallest absolute Gasteiger partial charge is 0.0541 e. The molecule has 3 heteroatoms. The SMILES string of the molecule is CC(C)NCc1ccc(N2CCC(C(C)O)CC2)cc1. The quantitative estimate of drug-likeness (QED) is 0.868. The van der Waals surface area contributed by atoms with Crippen molar-refractivity contribution in [1.29, 1.82) is 0 Å². The molecule has 0 aromatic heterocycles. The molecule has 0 aliphatic carbocycles. The molecule has 0 radical (unpaired) electrons. The predicted octanol–water partition coefficient (Wildman–Crippen LogP) is 2.78. The lowest BCUT2D eigenvalue weighted by atomic mass is 9.92. The molecule has 3 nitrogen and oxygen atoms in total. The van der Waals surface area contributed by atoms with Crippen molar-refractivity contribution in [2.24, 2.45) is 5.92 Å². The van der Waals surface area contributed by atoms with E-state index in [1.807, 2.05) is 6.92 Å². The molecule has 1 fully saturated rings. The number of aliphatic hydroxyl groups excluding tert-OH is 1. The molecular formula is C17H28N2O. The normalized spacial score (nSPS) is 18.6. The lowest BCUT2D eigenvalue weighted by molar-refractivity contribution is 0.110. The molecule has 0 bridgehead atoms. The van der Waals surface area contributed by atoms with E-state index in [4.69, 9.17) is 0 Å². The van der Waals surface area contributed by atoms with E-state index in [2.05, 4.69) is 48.3 Å². The Labute approximate surface area is 123 Å². The van der Waals surface area contributed by atoms with Crippen molar-refractivity contribution in [2.45, 2.75) is 52.3 Å². The topological polar surface area (TPSA) is 35.5 Å². The van der Waals surface area contributed by atoms with Crippen LogP contribution in [0.3, 0.4) is 0 Å². The van der Waals surface area contributed by atoms with Crippen LogP contribution in [-0.2, 0) is 6.54 Å². The number of nitrogens with one attached hydrogen (secondary N) is 1. The van der Waals surface area contributed by atoms with Crippen LogP contribution in [0.1, 0.15) is 39.2 Å². The maximum absolute atomic E-state index is 9.65. The van der Waals surface area contributed by atoms with Gasteiger partial charge >= 0.3 is 0 Å². The summed E-state index contributed by atoms with van der Waals surface area (Å²) in [6, 6.07) is 9.39. The minimum absolute atomic E-state index is 0.165. The van der Waals surface area contributed by atoms with Crippen LogP contribution in [-0.4, -0.2) is 30.3 Å². The highest BCUT2D eigenvalue weighted by molar-refractivity contribution is 5.48. The Morgan fingerprint density at radius 3 is 2.25 bits per heavy atom. The van der Waals surface area contributed by atoms with Crippen molar-refractivity contribution in [3.8, 4) is 0 Å². The number of nitrogens with zero attached hydrogens (tertiary/aromatic N) is 1. The first kappa shape index (κ1) is 15.3. The van der Waals surface area contributed by atoms with E-state index < -0.39 is 0 Å². The molecular weight excluding hydrogens is 248 g/mol. The summed E-state index contributed by atoms with van der Waals surface area (Å²) in [5.41, 5.74) is 2.64. The summed E-state index contributed by atoms with van der Waals surface area (Å²) >= 11 is 0. The largest absolute Gasteiger partial charge is 0.393 e. The molecule has 0 spiro atoms. The van der Waals surface area contributed by atoms with E-state index in [9.17, 15) is 5.11 Å². The molecule has 2 N–H and O–H groups in total. The van der Waals surface area contributed by atoms with Gasteiger partial charge in [-0.15, -0.1) is 0 Å². The maximum atomic E-state index is 9.65. The van der Waals surface area contributed by atoms with Gasteiger partial charge in [-0.3, -0.25) is 0 Å². The molecule has 112 valence electrons. The third kappa shape index (κ3) is 4.22. The summed E-state index contributed by atoms with van der Waals surface area (Å²) in [5.74, 6) is 0.473. The molecule has 1 atom stereocenters. The summed E-state index contributed by atoms with van der Waals surface area (Å²) in [5, 5.41) is 13.1. The molecule has 1 aromatic rings. The van der Waals surface area contributed by atoms with Crippen LogP contribution in [0.25, 0.3) is 0 Å². The number of anilines is 1. The zero-order valence-corrected chi connectivity index (χ0v) is 13.0. The molecule has 1 aliphatic rings. The van der Waals surface area contributed by atoms with Gasteiger partial charge in [0.2, 0.25) is 0 Å². The Hall–Kier alpha value is -1.06. The maximum Gasteiger partial charge on any atom is 0.0541 e. The number of benzene rings is 1. The predicted molar refractivity (Wildman–Crippen MR) is 85.0 cm³/mol. The first-order valence-corrected chi connectivity index (χ1v) is 7.81. The van der Waals surface area contributed by atoms with Crippen molar-refractivity contribution in [3.05, 3.63) is 29.8 Å². The second-order valence-electron chi connectivity index (χ2n) is 6.27. The van der Waals surface area contributed by atoms with Crippen LogP contribution >= 0.6 is 0 Å². The second kappa shape index (κ2) is 7.09. The van der Waals surface area contributed by atoms with Gasteiger partial charge in [0.05, 0.1) is 6.10 Å². The van der Waals surface area contributed by atoms with E-state index in [0.717, 1.165) is 32.5 Å². The van der Waals surface area contributed by atoms with Gasteiger partial charge in [0.1, 0.15) is 0 Å². The third-order valence-electron chi connectivity index (χ3n) is 4.24. The highest BCUT2D eigenvalue weighted by atomic mass is 16.3. The fraction of sp³-hybridized carbons (Fsp3) is 0.647. The van der Waals surface area contributed by atoms with Crippen LogP contribution in [0.2, 0.25) is 0 Å². The van der Waals surface area contributed by atoms with Crippen LogP contribution in [0, 0.1) is 5.92 Å². The van der Waals surface area contributed by atoms with Crippen molar-refractivity contribution in [2.75, 3.05) is 18.0 Å². The summed E-state index contributed by atoms with van der Waals surface area (Å²) < 4.78 is 0. The van der Waals surface area contributed by atoms with Gasteiger partial charge in [-0.05, 0) is 43.4 Å². The Morgan fingerprint density at radius 2 is 1.75 bits per heavy atom. The summed E-state index contributed by atoms with van der Waals surface area (Å²) in [4.78, 5) is 2.43. The van der Waals surface area contributed by atoms with Crippen molar-refractivity contribution < 1.29 is 5.11 Å². The second-order valence-corrected chi connectivity index (χ2v) is 6.27. The molecule has 1 saturated heterocycles. The standard InChI is InChI=1S/C17H28N2O/c1-13(2)18-12-15-4-6-17(7-5-15)19-10-8-16(9-11-19)14(3)20/h4-7,13-14,16,18,20H,8-12H2,1-3H3. The molecule has 1 aromatic carbocycles. The molecule has 1 heterocycles. The number of hydrogen-bond acceptors (Lipinski definition) is 3. The Bertz CT molecular complexity index is 392.